The third kappa shape index (κ3) is 1.81. The number of carbonyl (C=O) groups is 2. The van der Waals surface area contributed by atoms with Crippen LogP contribution in [0.5, 0.6) is 0 Å². The lowest BCUT2D eigenvalue weighted by Crippen LogP contribution is -2.30. The van der Waals surface area contributed by atoms with Crippen LogP contribution in [0, 0.1) is 0 Å². The van der Waals surface area contributed by atoms with Gasteiger partial charge in [-0.2, -0.15) is 8.75 Å². The van der Waals surface area contributed by atoms with Gasteiger partial charge in [0.2, 0.25) is 11.8 Å². The van der Waals surface area contributed by atoms with E-state index in [1.165, 1.54) is 0 Å². The first-order valence-electron chi connectivity index (χ1n) is 5.16. The van der Waals surface area contributed by atoms with Crippen molar-refractivity contribution in [1.29, 1.82) is 0 Å². The molecular formula is C10H7ClN4O2S. The molecule has 0 saturated carbocycles. The summed E-state index contributed by atoms with van der Waals surface area (Å²) in [5, 5.41) is 5.64. The predicted molar refractivity (Wildman–Crippen MR) is 67.6 cm³/mol. The van der Waals surface area contributed by atoms with Gasteiger partial charge in [-0.25, -0.2) is 0 Å². The summed E-state index contributed by atoms with van der Waals surface area (Å²) in [7, 11) is 0. The molecule has 1 unspecified atom stereocenters. The van der Waals surface area contributed by atoms with Crippen molar-refractivity contribution in [3.8, 4) is 0 Å². The van der Waals surface area contributed by atoms with Crippen molar-refractivity contribution in [3.63, 3.8) is 0 Å². The van der Waals surface area contributed by atoms with E-state index in [2.05, 4.69) is 19.4 Å². The smallest absolute Gasteiger partial charge is 0.249 e. The fraction of sp³-hybridized carbons (Fsp3) is 0.200. The molecule has 1 aliphatic heterocycles. The van der Waals surface area contributed by atoms with E-state index in [-0.39, 0.29) is 18.2 Å². The van der Waals surface area contributed by atoms with E-state index in [1.807, 2.05) is 0 Å². The Morgan fingerprint density at radius 2 is 2.22 bits per heavy atom. The normalized spacial score (nSPS) is 19.3. The first kappa shape index (κ1) is 11.4. The fourth-order valence-electron chi connectivity index (χ4n) is 1.81. The number of nitrogens with one attached hydrogen (secondary N) is 2. The highest BCUT2D eigenvalue weighted by atomic mass is 35.5. The number of carbonyl (C=O) groups excluding carboxylic acids is 2. The van der Waals surface area contributed by atoms with Crippen molar-refractivity contribution in [1.82, 2.24) is 14.1 Å². The lowest BCUT2D eigenvalue weighted by molar-refractivity contribution is -0.124. The molecule has 3 rings (SSSR count). The van der Waals surface area contributed by atoms with Gasteiger partial charge in [0.15, 0.2) is 0 Å². The summed E-state index contributed by atoms with van der Waals surface area (Å²) in [6.45, 7) is 0. The van der Waals surface area contributed by atoms with E-state index in [4.69, 9.17) is 11.6 Å². The molecule has 0 radical (unpaired) electrons. The number of amides is 2. The van der Waals surface area contributed by atoms with Crippen molar-refractivity contribution in [2.24, 2.45) is 0 Å². The van der Waals surface area contributed by atoms with Crippen LogP contribution in [-0.4, -0.2) is 26.6 Å². The SMILES string of the molecule is O=C1CC(Nc2c(Cl)ccc3nsnc23)C(=O)N1. The number of hydrogen-bond donors (Lipinski definition) is 2. The van der Waals surface area contributed by atoms with E-state index >= 15 is 0 Å². The third-order valence-corrected chi connectivity index (χ3v) is 3.52. The monoisotopic (exact) mass is 282 g/mol. The minimum absolute atomic E-state index is 0.100. The van der Waals surface area contributed by atoms with Crippen LogP contribution in [0.2, 0.25) is 5.02 Å². The summed E-state index contributed by atoms with van der Waals surface area (Å²) in [5.74, 6) is -0.645. The third-order valence-electron chi connectivity index (χ3n) is 2.66. The molecule has 92 valence electrons. The number of nitrogens with zero attached hydrogens (tertiary/aromatic N) is 2. The Morgan fingerprint density at radius 3 is 2.94 bits per heavy atom. The second kappa shape index (κ2) is 4.18. The van der Waals surface area contributed by atoms with Crippen molar-refractivity contribution >= 4 is 51.9 Å². The molecule has 2 heterocycles. The second-order valence-electron chi connectivity index (χ2n) is 3.87. The molecule has 1 aliphatic rings. The van der Waals surface area contributed by atoms with Gasteiger partial charge in [0.25, 0.3) is 0 Å². The Balaban J connectivity index is 1.99. The molecule has 6 nitrogen and oxygen atoms in total. The summed E-state index contributed by atoms with van der Waals surface area (Å²) in [5.41, 5.74) is 1.86. The molecular weight excluding hydrogens is 276 g/mol. The van der Waals surface area contributed by atoms with E-state index in [9.17, 15) is 9.59 Å². The van der Waals surface area contributed by atoms with E-state index < -0.39 is 6.04 Å². The molecule has 1 atom stereocenters. The molecule has 1 aromatic heterocycles. The van der Waals surface area contributed by atoms with Crippen molar-refractivity contribution < 1.29 is 9.59 Å². The molecule has 2 amide bonds. The van der Waals surface area contributed by atoms with Gasteiger partial charge in [-0.3, -0.25) is 14.9 Å². The van der Waals surface area contributed by atoms with Crippen molar-refractivity contribution in [2.45, 2.75) is 12.5 Å². The predicted octanol–water partition coefficient (Wildman–Crippen LogP) is 1.17. The standard InChI is InChI=1S/C10H7ClN4O2S/c11-4-1-2-5-9(15-18-14-5)8(4)12-6-3-7(16)13-10(6)17/h1-2,6,12H,3H2,(H,13,16,17). The van der Waals surface area contributed by atoms with E-state index in [1.54, 1.807) is 12.1 Å². The minimum Gasteiger partial charge on any atom is -0.370 e. The summed E-state index contributed by atoms with van der Waals surface area (Å²) in [6, 6.07) is 2.83. The van der Waals surface area contributed by atoms with Gasteiger partial charge in [-0.05, 0) is 12.1 Å². The lowest BCUT2D eigenvalue weighted by Gasteiger charge is -2.12. The molecule has 0 bridgehead atoms. The Bertz CT molecular complexity index is 656. The van der Waals surface area contributed by atoms with Crippen LogP contribution in [0.4, 0.5) is 5.69 Å². The molecule has 18 heavy (non-hydrogen) atoms. The first-order chi connectivity index (χ1) is 8.65. The van der Waals surface area contributed by atoms with E-state index in [0.29, 0.717) is 21.7 Å². The van der Waals surface area contributed by atoms with Crippen molar-refractivity contribution in [2.75, 3.05) is 5.32 Å². The Kier molecular flexibility index (Phi) is 2.64. The van der Waals surface area contributed by atoms with Gasteiger partial charge in [-0.15, -0.1) is 0 Å². The number of hydrogen-bond acceptors (Lipinski definition) is 6. The maximum atomic E-state index is 11.5. The number of imide groups is 1. The average molecular weight is 283 g/mol. The highest BCUT2D eigenvalue weighted by molar-refractivity contribution is 7.00. The highest BCUT2D eigenvalue weighted by Gasteiger charge is 2.31. The van der Waals surface area contributed by atoms with Crippen LogP contribution < -0.4 is 10.6 Å². The molecule has 2 aromatic rings. The van der Waals surface area contributed by atoms with Crippen LogP contribution in [0.25, 0.3) is 11.0 Å². The number of fused-ring (bicyclic) bond motifs is 1. The zero-order chi connectivity index (χ0) is 12.7. The summed E-state index contributed by atoms with van der Waals surface area (Å²) in [4.78, 5) is 22.6. The zero-order valence-electron chi connectivity index (χ0n) is 8.94. The van der Waals surface area contributed by atoms with Gasteiger partial charge in [0.1, 0.15) is 17.1 Å². The van der Waals surface area contributed by atoms with Crippen LogP contribution in [-0.2, 0) is 9.59 Å². The summed E-state index contributed by atoms with van der Waals surface area (Å²) < 4.78 is 8.23. The second-order valence-corrected chi connectivity index (χ2v) is 4.80. The van der Waals surface area contributed by atoms with Crippen LogP contribution in [0.15, 0.2) is 12.1 Å². The van der Waals surface area contributed by atoms with E-state index in [0.717, 1.165) is 11.7 Å². The number of benzene rings is 1. The minimum atomic E-state index is -0.609. The maximum Gasteiger partial charge on any atom is 0.249 e. The molecule has 1 fully saturated rings. The fourth-order valence-corrected chi connectivity index (χ4v) is 2.56. The summed E-state index contributed by atoms with van der Waals surface area (Å²) in [6.07, 6.45) is 0.100. The van der Waals surface area contributed by atoms with Gasteiger partial charge in [0.05, 0.1) is 28.9 Å². The molecule has 0 aliphatic carbocycles. The van der Waals surface area contributed by atoms with Gasteiger partial charge < -0.3 is 5.32 Å². The largest absolute Gasteiger partial charge is 0.370 e. The number of rotatable bonds is 2. The van der Waals surface area contributed by atoms with Crippen LogP contribution >= 0.6 is 23.3 Å². The average Bonchev–Trinajstić information content (AvgIpc) is 2.90. The Morgan fingerprint density at radius 1 is 1.39 bits per heavy atom. The summed E-state index contributed by atoms with van der Waals surface area (Å²) >= 11 is 7.15. The van der Waals surface area contributed by atoms with Crippen LogP contribution in [0.3, 0.4) is 0 Å². The molecule has 2 N–H and O–H groups in total. The quantitative estimate of drug-likeness (QED) is 0.808. The van der Waals surface area contributed by atoms with Gasteiger partial charge in [0, 0.05) is 0 Å². The van der Waals surface area contributed by atoms with Gasteiger partial charge in [-0.1, -0.05) is 11.6 Å². The Labute approximate surface area is 111 Å². The topological polar surface area (TPSA) is 84.0 Å². The molecule has 0 spiro atoms. The molecule has 1 saturated heterocycles. The maximum absolute atomic E-state index is 11.5. The van der Waals surface area contributed by atoms with Crippen LogP contribution in [0.1, 0.15) is 6.42 Å². The molecule has 1 aromatic carbocycles. The highest BCUT2D eigenvalue weighted by Crippen LogP contribution is 2.31. The zero-order valence-corrected chi connectivity index (χ0v) is 10.5. The first-order valence-corrected chi connectivity index (χ1v) is 6.27. The number of halogens is 1. The van der Waals surface area contributed by atoms with Gasteiger partial charge >= 0.3 is 0 Å². The Hall–Kier alpha value is -1.73. The number of aromatic nitrogens is 2. The molecule has 8 heteroatoms. The van der Waals surface area contributed by atoms with Crippen molar-refractivity contribution in [3.05, 3.63) is 17.2 Å². The number of anilines is 1. The lowest BCUT2D eigenvalue weighted by atomic mass is 10.2.